The van der Waals surface area contributed by atoms with Crippen molar-refractivity contribution in [2.24, 2.45) is 5.92 Å². The summed E-state index contributed by atoms with van der Waals surface area (Å²) in [6, 6.07) is 2.75. The Bertz CT molecular complexity index is 513. The standard InChI is InChI=1S/C12H11BrFNO2/c1-6(2)5-15-10-8(11(16)12(15)17)3-7(13)4-9(10)14/h3-4,6H,5H2,1-2H3. The van der Waals surface area contributed by atoms with Crippen molar-refractivity contribution in [2.75, 3.05) is 11.4 Å². The quantitative estimate of drug-likeness (QED) is 0.788. The zero-order chi connectivity index (χ0) is 12.7. The molecule has 0 radical (unpaired) electrons. The van der Waals surface area contributed by atoms with Gasteiger partial charge in [-0.2, -0.15) is 0 Å². The van der Waals surface area contributed by atoms with Crippen LogP contribution >= 0.6 is 15.9 Å². The highest BCUT2D eigenvalue weighted by Gasteiger charge is 2.38. The third kappa shape index (κ3) is 1.99. The van der Waals surface area contributed by atoms with Gasteiger partial charge >= 0.3 is 0 Å². The molecule has 1 aliphatic heterocycles. The minimum Gasteiger partial charge on any atom is -0.302 e. The van der Waals surface area contributed by atoms with Crippen LogP contribution in [0.1, 0.15) is 24.2 Å². The normalized spacial score (nSPS) is 14.8. The second-order valence-electron chi connectivity index (χ2n) is 4.42. The monoisotopic (exact) mass is 299 g/mol. The fourth-order valence-electron chi connectivity index (χ4n) is 1.89. The van der Waals surface area contributed by atoms with Crippen LogP contribution in [0.3, 0.4) is 0 Å². The van der Waals surface area contributed by atoms with Crippen LogP contribution in [0, 0.1) is 11.7 Å². The average molecular weight is 300 g/mol. The number of fused-ring (bicyclic) bond motifs is 1. The van der Waals surface area contributed by atoms with E-state index in [2.05, 4.69) is 15.9 Å². The number of halogens is 2. The van der Waals surface area contributed by atoms with Crippen molar-refractivity contribution in [3.05, 3.63) is 28.0 Å². The summed E-state index contributed by atoms with van der Waals surface area (Å²) in [5.74, 6) is -1.67. The van der Waals surface area contributed by atoms with Crippen molar-refractivity contribution < 1.29 is 14.0 Å². The summed E-state index contributed by atoms with van der Waals surface area (Å²) < 4.78 is 14.3. The lowest BCUT2D eigenvalue weighted by Crippen LogP contribution is -2.33. The van der Waals surface area contributed by atoms with Gasteiger partial charge in [0.25, 0.3) is 11.7 Å². The lowest BCUT2D eigenvalue weighted by Gasteiger charge is -2.19. The maximum atomic E-state index is 13.8. The van der Waals surface area contributed by atoms with Crippen LogP contribution in [0.4, 0.5) is 10.1 Å². The molecule has 0 atom stereocenters. The molecular formula is C12H11BrFNO2. The Hall–Kier alpha value is -1.23. The average Bonchev–Trinajstić information content (AvgIpc) is 2.43. The first-order chi connectivity index (χ1) is 7.91. The van der Waals surface area contributed by atoms with E-state index in [0.29, 0.717) is 11.0 Å². The van der Waals surface area contributed by atoms with E-state index in [1.54, 1.807) is 0 Å². The third-order valence-corrected chi connectivity index (χ3v) is 2.99. The summed E-state index contributed by atoms with van der Waals surface area (Å²) in [6.45, 7) is 4.16. The van der Waals surface area contributed by atoms with Crippen LogP contribution in [-0.2, 0) is 4.79 Å². The number of carbonyl (C=O) groups excluding carboxylic acids is 2. The number of amides is 1. The van der Waals surface area contributed by atoms with Gasteiger partial charge in [0, 0.05) is 11.0 Å². The van der Waals surface area contributed by atoms with E-state index in [4.69, 9.17) is 0 Å². The fourth-order valence-corrected chi connectivity index (χ4v) is 2.32. The van der Waals surface area contributed by atoms with E-state index in [1.165, 1.54) is 17.0 Å². The largest absolute Gasteiger partial charge is 0.302 e. The van der Waals surface area contributed by atoms with Crippen molar-refractivity contribution in [1.29, 1.82) is 0 Å². The highest BCUT2D eigenvalue weighted by atomic mass is 79.9. The minimum atomic E-state index is -0.647. The highest BCUT2D eigenvalue weighted by molar-refractivity contribution is 9.10. The number of Topliss-reactive ketones (excluding diaryl/α,β-unsaturated/α-hetero) is 1. The predicted octanol–water partition coefficient (Wildman–Crippen LogP) is 2.77. The number of nitrogens with zero attached hydrogens (tertiary/aromatic N) is 1. The Morgan fingerprint density at radius 1 is 1.35 bits per heavy atom. The lowest BCUT2D eigenvalue weighted by atomic mass is 10.1. The molecular weight excluding hydrogens is 289 g/mol. The van der Waals surface area contributed by atoms with Gasteiger partial charge in [-0.3, -0.25) is 9.59 Å². The fraction of sp³-hybridized carbons (Fsp3) is 0.333. The molecule has 0 aliphatic carbocycles. The molecule has 1 heterocycles. The summed E-state index contributed by atoms with van der Waals surface area (Å²) in [6.07, 6.45) is 0. The molecule has 0 saturated carbocycles. The van der Waals surface area contributed by atoms with Crippen LogP contribution < -0.4 is 4.90 Å². The SMILES string of the molecule is CC(C)CN1C(=O)C(=O)c2cc(Br)cc(F)c21. The second-order valence-corrected chi connectivity index (χ2v) is 5.34. The predicted molar refractivity (Wildman–Crippen MR) is 65.6 cm³/mol. The van der Waals surface area contributed by atoms with E-state index in [9.17, 15) is 14.0 Å². The van der Waals surface area contributed by atoms with Gasteiger partial charge in [-0.15, -0.1) is 0 Å². The van der Waals surface area contributed by atoms with E-state index in [-0.39, 0.29) is 17.2 Å². The van der Waals surface area contributed by atoms with Gasteiger partial charge < -0.3 is 4.90 Å². The van der Waals surface area contributed by atoms with Crippen molar-refractivity contribution in [1.82, 2.24) is 0 Å². The Kier molecular flexibility index (Phi) is 3.03. The van der Waals surface area contributed by atoms with Crippen LogP contribution in [0.25, 0.3) is 0 Å². The van der Waals surface area contributed by atoms with Crippen molar-refractivity contribution in [3.63, 3.8) is 0 Å². The third-order valence-electron chi connectivity index (χ3n) is 2.53. The minimum absolute atomic E-state index is 0.108. The molecule has 0 aromatic heterocycles. The summed E-state index contributed by atoms with van der Waals surface area (Å²) in [5.41, 5.74) is 0.249. The number of hydrogen-bond donors (Lipinski definition) is 0. The van der Waals surface area contributed by atoms with E-state index in [0.717, 1.165) is 0 Å². The molecule has 5 heteroatoms. The van der Waals surface area contributed by atoms with Gasteiger partial charge in [0.15, 0.2) is 0 Å². The summed E-state index contributed by atoms with van der Waals surface area (Å²) in [5, 5.41) is 0. The highest BCUT2D eigenvalue weighted by Crippen LogP contribution is 2.34. The van der Waals surface area contributed by atoms with Crippen LogP contribution in [-0.4, -0.2) is 18.2 Å². The first kappa shape index (κ1) is 12.2. The van der Waals surface area contributed by atoms with Gasteiger partial charge in [0.05, 0.1) is 11.3 Å². The molecule has 0 saturated heterocycles. The molecule has 0 N–H and O–H groups in total. The number of anilines is 1. The molecule has 0 fully saturated rings. The van der Waals surface area contributed by atoms with E-state index in [1.807, 2.05) is 13.8 Å². The summed E-state index contributed by atoms with van der Waals surface area (Å²) in [4.78, 5) is 24.7. The second kappa shape index (κ2) is 4.22. The molecule has 1 aromatic rings. The number of carbonyl (C=O) groups is 2. The number of rotatable bonds is 2. The van der Waals surface area contributed by atoms with Gasteiger partial charge in [-0.25, -0.2) is 4.39 Å². The maximum absolute atomic E-state index is 13.8. The van der Waals surface area contributed by atoms with Crippen molar-refractivity contribution in [3.8, 4) is 0 Å². The first-order valence-corrected chi connectivity index (χ1v) is 6.06. The van der Waals surface area contributed by atoms with Crippen LogP contribution in [0.2, 0.25) is 0 Å². The van der Waals surface area contributed by atoms with Crippen molar-refractivity contribution in [2.45, 2.75) is 13.8 Å². The lowest BCUT2D eigenvalue weighted by molar-refractivity contribution is -0.114. The molecule has 0 bridgehead atoms. The molecule has 2 rings (SSSR count). The van der Waals surface area contributed by atoms with Crippen molar-refractivity contribution >= 4 is 33.3 Å². The molecule has 90 valence electrons. The van der Waals surface area contributed by atoms with E-state index >= 15 is 0 Å². The van der Waals surface area contributed by atoms with Crippen LogP contribution in [0.5, 0.6) is 0 Å². The molecule has 0 unspecified atom stereocenters. The molecule has 3 nitrogen and oxygen atoms in total. The topological polar surface area (TPSA) is 37.4 Å². The molecule has 1 aliphatic rings. The number of benzene rings is 1. The van der Waals surface area contributed by atoms with Gasteiger partial charge in [-0.05, 0) is 18.1 Å². The van der Waals surface area contributed by atoms with Gasteiger partial charge in [0.2, 0.25) is 0 Å². The Morgan fingerprint density at radius 3 is 2.59 bits per heavy atom. The molecule has 1 aromatic carbocycles. The summed E-state index contributed by atoms with van der Waals surface area (Å²) >= 11 is 3.11. The van der Waals surface area contributed by atoms with Gasteiger partial charge in [0.1, 0.15) is 5.82 Å². The number of hydrogen-bond acceptors (Lipinski definition) is 2. The molecule has 17 heavy (non-hydrogen) atoms. The summed E-state index contributed by atoms with van der Waals surface area (Å²) in [7, 11) is 0. The van der Waals surface area contributed by atoms with Crippen LogP contribution in [0.15, 0.2) is 16.6 Å². The Balaban J connectivity index is 2.56. The molecule has 0 spiro atoms. The Morgan fingerprint density at radius 2 is 2.00 bits per heavy atom. The number of ketones is 1. The maximum Gasteiger partial charge on any atom is 0.299 e. The smallest absolute Gasteiger partial charge is 0.299 e. The molecule has 1 amide bonds. The van der Waals surface area contributed by atoms with Gasteiger partial charge in [-0.1, -0.05) is 29.8 Å². The first-order valence-electron chi connectivity index (χ1n) is 5.27. The zero-order valence-electron chi connectivity index (χ0n) is 9.46. The van der Waals surface area contributed by atoms with E-state index < -0.39 is 17.5 Å². The Labute approximate surface area is 107 Å². The zero-order valence-corrected chi connectivity index (χ0v) is 11.0.